The van der Waals surface area contributed by atoms with Crippen LogP contribution in [-0.2, 0) is 10.0 Å². The molecule has 0 unspecified atom stereocenters. The van der Waals surface area contributed by atoms with Crippen molar-refractivity contribution in [2.24, 2.45) is 0 Å². The van der Waals surface area contributed by atoms with E-state index in [1.165, 1.54) is 0 Å². The second-order valence-electron chi connectivity index (χ2n) is 3.56. The van der Waals surface area contributed by atoms with Crippen LogP contribution in [0.1, 0.15) is 10.4 Å². The molecule has 0 spiro atoms. The van der Waals surface area contributed by atoms with Gasteiger partial charge >= 0.3 is 5.97 Å². The molecule has 0 atom stereocenters. The van der Waals surface area contributed by atoms with Gasteiger partial charge in [0.25, 0.3) is 10.0 Å². The van der Waals surface area contributed by atoms with Crippen molar-refractivity contribution in [3.8, 4) is 0 Å². The van der Waals surface area contributed by atoms with Crippen LogP contribution in [0.5, 0.6) is 0 Å². The van der Waals surface area contributed by atoms with E-state index >= 15 is 0 Å². The van der Waals surface area contributed by atoms with Crippen molar-refractivity contribution in [1.82, 2.24) is 5.16 Å². The van der Waals surface area contributed by atoms with Crippen molar-refractivity contribution in [2.45, 2.75) is 4.90 Å². The van der Waals surface area contributed by atoms with Crippen LogP contribution in [0.2, 0.25) is 0 Å². The maximum Gasteiger partial charge on any atom is 0.341 e. The number of rotatable bonds is 4. The molecule has 0 saturated heterocycles. The molecular formula is C10H6F2N2O5S. The molecule has 0 radical (unpaired) electrons. The van der Waals surface area contributed by atoms with Gasteiger partial charge in [0.1, 0.15) is 28.2 Å². The number of sulfonamides is 1. The topological polar surface area (TPSA) is 110 Å². The molecule has 0 aliphatic carbocycles. The van der Waals surface area contributed by atoms with E-state index in [2.05, 4.69) is 9.68 Å². The second kappa shape index (κ2) is 4.89. The Hall–Kier alpha value is -2.49. The lowest BCUT2D eigenvalue weighted by atomic mass is 10.2. The quantitative estimate of drug-likeness (QED) is 0.884. The van der Waals surface area contributed by atoms with Crippen LogP contribution in [0.3, 0.4) is 0 Å². The van der Waals surface area contributed by atoms with Gasteiger partial charge in [-0.2, -0.15) is 0 Å². The average Bonchev–Trinajstić information content (AvgIpc) is 2.79. The third-order valence-corrected chi connectivity index (χ3v) is 3.64. The number of carboxylic acids is 1. The number of hydrogen-bond acceptors (Lipinski definition) is 5. The molecule has 0 bridgehead atoms. The number of nitrogens with zero attached hydrogens (tertiary/aromatic N) is 1. The second-order valence-corrected chi connectivity index (χ2v) is 5.21. The SMILES string of the molecule is O=C(O)c1c(F)ccc(S(=O)(=O)Nc2cnoc2)c1F. The van der Waals surface area contributed by atoms with Crippen LogP contribution in [0.15, 0.2) is 34.0 Å². The van der Waals surface area contributed by atoms with E-state index < -0.39 is 38.1 Å². The molecule has 0 saturated carbocycles. The van der Waals surface area contributed by atoms with Gasteiger partial charge in [0.2, 0.25) is 0 Å². The largest absolute Gasteiger partial charge is 0.477 e. The fraction of sp³-hybridized carbons (Fsp3) is 0. The predicted molar refractivity (Wildman–Crippen MR) is 60.6 cm³/mol. The van der Waals surface area contributed by atoms with Crippen LogP contribution in [0, 0.1) is 11.6 Å². The number of carbonyl (C=O) groups is 1. The summed E-state index contributed by atoms with van der Waals surface area (Å²) in [5.41, 5.74) is -1.44. The van der Waals surface area contributed by atoms with Gasteiger partial charge in [-0.25, -0.2) is 22.0 Å². The van der Waals surface area contributed by atoms with Gasteiger partial charge in [0.05, 0.1) is 6.20 Å². The molecular weight excluding hydrogens is 298 g/mol. The molecule has 0 aliphatic rings. The Morgan fingerprint density at radius 1 is 1.35 bits per heavy atom. The molecule has 0 aliphatic heterocycles. The molecule has 1 aromatic carbocycles. The third-order valence-electron chi connectivity index (χ3n) is 2.24. The Morgan fingerprint density at radius 2 is 2.05 bits per heavy atom. The smallest absolute Gasteiger partial charge is 0.341 e. The summed E-state index contributed by atoms with van der Waals surface area (Å²) >= 11 is 0. The van der Waals surface area contributed by atoms with Crippen LogP contribution in [-0.4, -0.2) is 24.7 Å². The molecule has 2 aromatic rings. The highest BCUT2D eigenvalue weighted by atomic mass is 32.2. The maximum absolute atomic E-state index is 13.8. The summed E-state index contributed by atoms with van der Waals surface area (Å²) in [7, 11) is -4.44. The highest BCUT2D eigenvalue weighted by molar-refractivity contribution is 7.92. The molecule has 2 rings (SSSR count). The minimum atomic E-state index is -4.44. The number of benzene rings is 1. The summed E-state index contributed by atoms with van der Waals surface area (Å²) < 4.78 is 57.0. The molecule has 10 heteroatoms. The first-order valence-corrected chi connectivity index (χ1v) is 6.44. The van der Waals surface area contributed by atoms with Gasteiger partial charge < -0.3 is 9.63 Å². The number of anilines is 1. The summed E-state index contributed by atoms with van der Waals surface area (Å²) in [6.07, 6.45) is 1.95. The molecule has 1 aromatic heterocycles. The van der Waals surface area contributed by atoms with E-state index in [1.54, 1.807) is 0 Å². The number of nitrogens with one attached hydrogen (secondary N) is 1. The van der Waals surface area contributed by atoms with Crippen LogP contribution >= 0.6 is 0 Å². The van der Waals surface area contributed by atoms with Gasteiger partial charge in [0.15, 0.2) is 5.82 Å². The Morgan fingerprint density at radius 3 is 2.60 bits per heavy atom. The fourth-order valence-corrected chi connectivity index (χ4v) is 2.51. The normalized spacial score (nSPS) is 11.3. The number of hydrogen-bond donors (Lipinski definition) is 2. The minimum Gasteiger partial charge on any atom is -0.477 e. The Labute approximate surface area is 110 Å². The summed E-state index contributed by atoms with van der Waals surface area (Å²) in [6.45, 7) is 0. The zero-order valence-electron chi connectivity index (χ0n) is 9.50. The van der Waals surface area contributed by atoms with Crippen molar-refractivity contribution in [3.05, 3.63) is 41.8 Å². The van der Waals surface area contributed by atoms with Crippen molar-refractivity contribution >= 4 is 21.7 Å². The Bertz CT molecular complexity index is 758. The highest BCUT2D eigenvalue weighted by Crippen LogP contribution is 2.23. The highest BCUT2D eigenvalue weighted by Gasteiger charge is 2.27. The molecule has 0 amide bonds. The van der Waals surface area contributed by atoms with E-state index in [4.69, 9.17) is 5.11 Å². The summed E-state index contributed by atoms with van der Waals surface area (Å²) in [5, 5.41) is 11.9. The van der Waals surface area contributed by atoms with E-state index in [0.29, 0.717) is 12.1 Å². The predicted octanol–water partition coefficient (Wildman–Crippen LogP) is 1.45. The van der Waals surface area contributed by atoms with Gasteiger partial charge in [-0.15, -0.1) is 0 Å². The van der Waals surface area contributed by atoms with Crippen molar-refractivity contribution in [2.75, 3.05) is 4.72 Å². The number of halogens is 2. The molecule has 7 nitrogen and oxygen atoms in total. The zero-order valence-corrected chi connectivity index (χ0v) is 10.3. The zero-order chi connectivity index (χ0) is 14.9. The van der Waals surface area contributed by atoms with E-state index in [9.17, 15) is 22.0 Å². The molecule has 0 fully saturated rings. The lowest BCUT2D eigenvalue weighted by Gasteiger charge is -2.08. The maximum atomic E-state index is 13.8. The first kappa shape index (κ1) is 13.9. The Balaban J connectivity index is 2.53. The third kappa shape index (κ3) is 2.45. The van der Waals surface area contributed by atoms with Gasteiger partial charge in [0, 0.05) is 0 Å². The lowest BCUT2D eigenvalue weighted by molar-refractivity contribution is 0.0685. The summed E-state index contributed by atoms with van der Waals surface area (Å²) in [5.74, 6) is -4.98. The van der Waals surface area contributed by atoms with Crippen LogP contribution in [0.25, 0.3) is 0 Å². The number of aromatic nitrogens is 1. The van der Waals surface area contributed by atoms with Gasteiger partial charge in [-0.3, -0.25) is 4.72 Å². The first-order valence-electron chi connectivity index (χ1n) is 4.96. The van der Waals surface area contributed by atoms with Crippen LogP contribution in [0.4, 0.5) is 14.5 Å². The lowest BCUT2D eigenvalue weighted by Crippen LogP contribution is -2.17. The molecule has 20 heavy (non-hydrogen) atoms. The molecule has 2 N–H and O–H groups in total. The van der Waals surface area contributed by atoms with E-state index in [0.717, 1.165) is 12.5 Å². The standard InChI is InChI=1S/C10H6F2N2O5S/c11-6-1-2-7(9(12)8(6)10(15)16)20(17,18)14-5-3-13-19-4-5/h1-4,14H,(H,15,16). The monoisotopic (exact) mass is 304 g/mol. The molecule has 106 valence electrons. The van der Waals surface area contributed by atoms with Gasteiger partial charge in [-0.05, 0) is 12.1 Å². The summed E-state index contributed by atoms with van der Waals surface area (Å²) in [4.78, 5) is 9.72. The summed E-state index contributed by atoms with van der Waals surface area (Å²) in [6, 6.07) is 1.17. The van der Waals surface area contributed by atoms with Crippen LogP contribution < -0.4 is 4.72 Å². The average molecular weight is 304 g/mol. The van der Waals surface area contributed by atoms with Crippen molar-refractivity contribution in [3.63, 3.8) is 0 Å². The number of aromatic carboxylic acids is 1. The van der Waals surface area contributed by atoms with E-state index in [1.807, 2.05) is 4.72 Å². The number of carboxylic acid groups (broad SMARTS) is 1. The first-order chi connectivity index (χ1) is 9.33. The van der Waals surface area contributed by atoms with E-state index in [-0.39, 0.29) is 5.69 Å². The molecule has 1 heterocycles. The minimum absolute atomic E-state index is 0.0920. The van der Waals surface area contributed by atoms with Gasteiger partial charge in [-0.1, -0.05) is 5.16 Å². The van der Waals surface area contributed by atoms with Crippen molar-refractivity contribution in [1.29, 1.82) is 0 Å². The Kier molecular flexibility index (Phi) is 3.40. The fourth-order valence-electron chi connectivity index (χ4n) is 1.40. The van der Waals surface area contributed by atoms with Crippen molar-refractivity contribution < 1.29 is 31.6 Å².